The van der Waals surface area contributed by atoms with Crippen LogP contribution in [-0.4, -0.2) is 32.4 Å². The van der Waals surface area contributed by atoms with Crippen LogP contribution in [0.2, 0.25) is 0 Å². The molecular weight excluding hydrogens is 272 g/mol. The van der Waals surface area contributed by atoms with Crippen molar-refractivity contribution in [1.82, 2.24) is 9.62 Å². The Hall–Kier alpha value is -1.17. The second-order valence-electron chi connectivity index (χ2n) is 5.09. The average Bonchev–Trinajstić information content (AvgIpc) is 2.46. The van der Waals surface area contributed by atoms with E-state index in [1.807, 2.05) is 32.1 Å². The van der Waals surface area contributed by atoms with Crippen molar-refractivity contribution < 1.29 is 8.42 Å². The van der Waals surface area contributed by atoms with Crippen LogP contribution in [0.15, 0.2) is 40.8 Å². The van der Waals surface area contributed by atoms with Crippen LogP contribution in [0, 0.1) is 0 Å². The van der Waals surface area contributed by atoms with Crippen LogP contribution in [0.25, 0.3) is 0 Å². The zero-order valence-corrected chi connectivity index (χ0v) is 12.9. The maximum Gasteiger partial charge on any atom is 0.243 e. The second kappa shape index (κ2) is 6.52. The number of rotatable bonds is 5. The van der Waals surface area contributed by atoms with E-state index in [1.54, 1.807) is 16.4 Å². The quantitative estimate of drug-likeness (QED) is 0.846. The Balaban J connectivity index is 2.13. The Bertz CT molecular complexity index is 576. The summed E-state index contributed by atoms with van der Waals surface area (Å²) in [6, 6.07) is 7.15. The molecule has 0 radical (unpaired) electrons. The molecule has 0 unspecified atom stereocenters. The standard InChI is InChI=1S/C15H22N2O2S/c1-3-16-12-14-4-6-15(7-5-14)20(18,19)17-10-8-13(2)9-11-17/h4-8,16H,3,9-12H2,1-2H3. The zero-order valence-electron chi connectivity index (χ0n) is 12.1. The molecule has 5 heteroatoms. The first kappa shape index (κ1) is 15.2. The van der Waals surface area contributed by atoms with Gasteiger partial charge in [-0.25, -0.2) is 8.42 Å². The minimum Gasteiger partial charge on any atom is -0.313 e. The fourth-order valence-corrected chi connectivity index (χ4v) is 3.55. The molecule has 1 aromatic rings. The van der Waals surface area contributed by atoms with Crippen molar-refractivity contribution in [2.24, 2.45) is 0 Å². The molecule has 2 rings (SSSR count). The molecule has 1 N–H and O–H groups in total. The molecule has 0 spiro atoms. The summed E-state index contributed by atoms with van der Waals surface area (Å²) in [5, 5.41) is 3.22. The molecule has 0 aliphatic carbocycles. The van der Waals surface area contributed by atoms with Gasteiger partial charge in [0.05, 0.1) is 4.90 Å². The van der Waals surface area contributed by atoms with Crippen LogP contribution in [-0.2, 0) is 16.6 Å². The van der Waals surface area contributed by atoms with Gasteiger partial charge in [0.15, 0.2) is 0 Å². The van der Waals surface area contributed by atoms with Gasteiger partial charge in [-0.2, -0.15) is 4.31 Å². The van der Waals surface area contributed by atoms with E-state index in [2.05, 4.69) is 5.32 Å². The van der Waals surface area contributed by atoms with Gasteiger partial charge in [0.25, 0.3) is 0 Å². The van der Waals surface area contributed by atoms with E-state index >= 15 is 0 Å². The number of nitrogens with zero attached hydrogens (tertiary/aromatic N) is 1. The lowest BCUT2D eigenvalue weighted by atomic mass is 10.1. The van der Waals surface area contributed by atoms with Crippen molar-refractivity contribution in [3.8, 4) is 0 Å². The van der Waals surface area contributed by atoms with Crippen molar-refractivity contribution in [1.29, 1.82) is 0 Å². The molecule has 1 aliphatic rings. The molecule has 0 saturated carbocycles. The summed E-state index contributed by atoms with van der Waals surface area (Å²) in [5.74, 6) is 0. The highest BCUT2D eigenvalue weighted by atomic mass is 32.2. The summed E-state index contributed by atoms with van der Waals surface area (Å²) in [5.41, 5.74) is 2.36. The number of sulfonamides is 1. The lowest BCUT2D eigenvalue weighted by molar-refractivity contribution is 0.431. The molecular formula is C15H22N2O2S. The van der Waals surface area contributed by atoms with Crippen molar-refractivity contribution in [3.63, 3.8) is 0 Å². The van der Waals surface area contributed by atoms with Crippen molar-refractivity contribution >= 4 is 10.0 Å². The van der Waals surface area contributed by atoms with Gasteiger partial charge in [0.1, 0.15) is 0 Å². The third kappa shape index (κ3) is 3.48. The molecule has 0 saturated heterocycles. The minimum atomic E-state index is -3.35. The van der Waals surface area contributed by atoms with Gasteiger partial charge >= 0.3 is 0 Å². The van der Waals surface area contributed by atoms with Crippen molar-refractivity contribution in [2.75, 3.05) is 19.6 Å². The maximum atomic E-state index is 12.5. The molecule has 1 aromatic carbocycles. The smallest absolute Gasteiger partial charge is 0.243 e. The number of hydrogen-bond donors (Lipinski definition) is 1. The lowest BCUT2D eigenvalue weighted by Crippen LogP contribution is -2.34. The third-order valence-electron chi connectivity index (χ3n) is 3.54. The number of benzene rings is 1. The molecule has 1 heterocycles. The highest BCUT2D eigenvalue weighted by Gasteiger charge is 2.25. The van der Waals surface area contributed by atoms with Gasteiger partial charge in [-0.1, -0.05) is 30.7 Å². The summed E-state index contributed by atoms with van der Waals surface area (Å²) in [6.07, 6.45) is 2.80. The molecule has 1 aliphatic heterocycles. The minimum absolute atomic E-state index is 0.380. The van der Waals surface area contributed by atoms with Crippen LogP contribution >= 0.6 is 0 Å². The van der Waals surface area contributed by atoms with Gasteiger partial charge in [0.2, 0.25) is 10.0 Å². The van der Waals surface area contributed by atoms with Crippen molar-refractivity contribution in [3.05, 3.63) is 41.5 Å². The van der Waals surface area contributed by atoms with E-state index in [0.29, 0.717) is 18.0 Å². The van der Waals surface area contributed by atoms with Gasteiger partial charge in [0, 0.05) is 19.6 Å². The van der Waals surface area contributed by atoms with Gasteiger partial charge in [-0.3, -0.25) is 0 Å². The highest BCUT2D eigenvalue weighted by molar-refractivity contribution is 7.89. The fourth-order valence-electron chi connectivity index (χ4n) is 2.17. The first-order chi connectivity index (χ1) is 9.54. The topological polar surface area (TPSA) is 49.4 Å². The first-order valence-electron chi connectivity index (χ1n) is 6.99. The van der Waals surface area contributed by atoms with Gasteiger partial charge in [-0.05, 0) is 37.6 Å². The van der Waals surface area contributed by atoms with Crippen LogP contribution in [0.3, 0.4) is 0 Å². The molecule has 0 atom stereocenters. The molecule has 0 bridgehead atoms. The molecule has 0 fully saturated rings. The number of nitrogens with one attached hydrogen (secondary N) is 1. The predicted molar refractivity (Wildman–Crippen MR) is 81.0 cm³/mol. The van der Waals surface area contributed by atoms with Crippen LogP contribution < -0.4 is 5.32 Å². The van der Waals surface area contributed by atoms with E-state index in [9.17, 15) is 8.42 Å². The largest absolute Gasteiger partial charge is 0.313 e. The highest BCUT2D eigenvalue weighted by Crippen LogP contribution is 2.20. The van der Waals surface area contributed by atoms with Gasteiger partial charge in [-0.15, -0.1) is 0 Å². The Morgan fingerprint density at radius 2 is 1.95 bits per heavy atom. The van der Waals surface area contributed by atoms with Crippen LogP contribution in [0.4, 0.5) is 0 Å². The normalized spacial score (nSPS) is 17.0. The van der Waals surface area contributed by atoms with E-state index in [0.717, 1.165) is 25.1 Å². The molecule has 20 heavy (non-hydrogen) atoms. The first-order valence-corrected chi connectivity index (χ1v) is 8.43. The summed E-state index contributed by atoms with van der Waals surface area (Å²) >= 11 is 0. The van der Waals surface area contributed by atoms with E-state index < -0.39 is 10.0 Å². The summed E-state index contributed by atoms with van der Waals surface area (Å²) in [6.45, 7) is 6.81. The molecule has 110 valence electrons. The van der Waals surface area contributed by atoms with Crippen LogP contribution in [0.5, 0.6) is 0 Å². The number of hydrogen-bond acceptors (Lipinski definition) is 3. The monoisotopic (exact) mass is 294 g/mol. The Morgan fingerprint density at radius 1 is 1.25 bits per heavy atom. The molecule has 0 aromatic heterocycles. The van der Waals surface area contributed by atoms with Crippen LogP contribution in [0.1, 0.15) is 25.8 Å². The summed E-state index contributed by atoms with van der Waals surface area (Å²) in [7, 11) is -3.35. The summed E-state index contributed by atoms with van der Waals surface area (Å²) < 4.78 is 26.5. The van der Waals surface area contributed by atoms with E-state index in [-0.39, 0.29) is 0 Å². The maximum absolute atomic E-state index is 12.5. The fraction of sp³-hybridized carbons (Fsp3) is 0.467. The predicted octanol–water partition coefficient (Wildman–Crippen LogP) is 2.14. The van der Waals surface area contributed by atoms with Crippen molar-refractivity contribution in [2.45, 2.75) is 31.7 Å². The lowest BCUT2D eigenvalue weighted by Gasteiger charge is -2.24. The summed E-state index contributed by atoms with van der Waals surface area (Å²) in [4.78, 5) is 0.380. The SMILES string of the molecule is CCNCc1ccc(S(=O)(=O)N2CC=C(C)CC2)cc1. The Kier molecular flexibility index (Phi) is 4.96. The van der Waals surface area contributed by atoms with Gasteiger partial charge < -0.3 is 5.32 Å². The van der Waals surface area contributed by atoms with E-state index in [1.165, 1.54) is 5.57 Å². The average molecular weight is 294 g/mol. The molecule has 4 nitrogen and oxygen atoms in total. The Labute approximate surface area is 121 Å². The van der Waals surface area contributed by atoms with E-state index in [4.69, 9.17) is 0 Å². The third-order valence-corrected chi connectivity index (χ3v) is 5.42. The molecule has 0 amide bonds. The second-order valence-corrected chi connectivity index (χ2v) is 7.03. The Morgan fingerprint density at radius 3 is 2.50 bits per heavy atom. The zero-order chi connectivity index (χ0) is 14.6.